The SMILES string of the molecule is Oc1cc(C=CCCCCCCCCBr)c(O)c2ccccc12. The highest BCUT2D eigenvalue weighted by Crippen LogP contribution is 2.35. The Morgan fingerprint density at radius 3 is 2.26 bits per heavy atom. The number of hydrogen-bond donors (Lipinski definition) is 2. The smallest absolute Gasteiger partial charge is 0.130 e. The molecule has 0 aliphatic heterocycles. The van der Waals surface area contributed by atoms with Gasteiger partial charge in [0.2, 0.25) is 0 Å². The van der Waals surface area contributed by atoms with Crippen molar-refractivity contribution in [2.24, 2.45) is 0 Å². The van der Waals surface area contributed by atoms with Gasteiger partial charge in [-0.15, -0.1) is 0 Å². The molecule has 2 rings (SSSR count). The fourth-order valence-corrected chi connectivity index (χ4v) is 3.16. The molecule has 0 radical (unpaired) electrons. The Kier molecular flexibility index (Phi) is 7.47. The first-order valence-electron chi connectivity index (χ1n) is 8.40. The van der Waals surface area contributed by atoms with Crippen LogP contribution in [0.2, 0.25) is 0 Å². The summed E-state index contributed by atoms with van der Waals surface area (Å²) < 4.78 is 0. The van der Waals surface area contributed by atoms with Crippen molar-refractivity contribution in [3.8, 4) is 11.5 Å². The molecule has 2 N–H and O–H groups in total. The third-order valence-electron chi connectivity index (χ3n) is 4.08. The molecule has 0 aromatic heterocycles. The third kappa shape index (κ3) is 5.28. The Labute approximate surface area is 147 Å². The molecule has 0 aliphatic rings. The first-order chi connectivity index (χ1) is 11.2. The van der Waals surface area contributed by atoms with Gasteiger partial charge < -0.3 is 10.2 Å². The molecular weight excluding hydrogens is 352 g/mol. The topological polar surface area (TPSA) is 40.5 Å². The Bertz CT molecular complexity index is 649. The molecule has 0 saturated carbocycles. The van der Waals surface area contributed by atoms with Gasteiger partial charge in [-0.25, -0.2) is 0 Å². The molecule has 2 nitrogen and oxygen atoms in total. The first kappa shape index (κ1) is 17.9. The van der Waals surface area contributed by atoms with Crippen LogP contribution in [0.5, 0.6) is 11.5 Å². The van der Waals surface area contributed by atoms with E-state index < -0.39 is 0 Å². The van der Waals surface area contributed by atoms with E-state index in [-0.39, 0.29) is 11.5 Å². The van der Waals surface area contributed by atoms with Crippen LogP contribution in [0.1, 0.15) is 50.5 Å². The second-order valence-corrected chi connectivity index (χ2v) is 6.67. The number of phenols is 2. The van der Waals surface area contributed by atoms with E-state index in [1.165, 1.54) is 38.5 Å². The predicted octanol–water partition coefficient (Wildman–Crippen LogP) is 6.39. The third-order valence-corrected chi connectivity index (χ3v) is 4.64. The monoisotopic (exact) mass is 376 g/mol. The van der Waals surface area contributed by atoms with Crippen molar-refractivity contribution in [2.75, 3.05) is 5.33 Å². The van der Waals surface area contributed by atoms with Gasteiger partial charge in [-0.1, -0.05) is 78.0 Å². The maximum atomic E-state index is 10.3. The summed E-state index contributed by atoms with van der Waals surface area (Å²) in [6.45, 7) is 0. The van der Waals surface area contributed by atoms with Gasteiger partial charge in [0.15, 0.2) is 0 Å². The van der Waals surface area contributed by atoms with Crippen molar-refractivity contribution in [1.82, 2.24) is 0 Å². The molecule has 2 aromatic rings. The number of aromatic hydroxyl groups is 2. The average molecular weight is 377 g/mol. The van der Waals surface area contributed by atoms with Crippen LogP contribution in [-0.2, 0) is 0 Å². The van der Waals surface area contributed by atoms with Crippen LogP contribution in [0, 0.1) is 0 Å². The van der Waals surface area contributed by atoms with Crippen LogP contribution >= 0.6 is 15.9 Å². The van der Waals surface area contributed by atoms with Crippen LogP contribution in [0.25, 0.3) is 16.8 Å². The van der Waals surface area contributed by atoms with E-state index in [0.717, 1.165) is 11.8 Å². The van der Waals surface area contributed by atoms with E-state index in [2.05, 4.69) is 22.0 Å². The maximum Gasteiger partial charge on any atom is 0.130 e. The molecule has 0 spiro atoms. The zero-order valence-corrected chi connectivity index (χ0v) is 15.1. The standard InChI is InChI=1S/C20H25BrO2/c21-14-10-6-4-2-1-3-5-7-11-16-15-19(22)17-12-8-9-13-18(17)20(16)23/h7-9,11-13,15,22-23H,1-6,10,14H2. The van der Waals surface area contributed by atoms with Gasteiger partial charge in [0.1, 0.15) is 11.5 Å². The number of allylic oxidation sites excluding steroid dienone is 1. The lowest BCUT2D eigenvalue weighted by Gasteiger charge is -2.07. The molecule has 0 heterocycles. The molecule has 3 heteroatoms. The fourth-order valence-electron chi connectivity index (χ4n) is 2.76. The maximum absolute atomic E-state index is 10.3. The molecule has 124 valence electrons. The predicted molar refractivity (Wildman–Crippen MR) is 102 cm³/mol. The highest BCUT2D eigenvalue weighted by atomic mass is 79.9. The van der Waals surface area contributed by atoms with E-state index in [1.807, 2.05) is 30.3 Å². The molecular formula is C20H25BrO2. The molecule has 0 aliphatic carbocycles. The lowest BCUT2D eigenvalue weighted by molar-refractivity contribution is 0.468. The normalized spacial score (nSPS) is 11.5. The Balaban J connectivity index is 1.86. The Morgan fingerprint density at radius 2 is 1.52 bits per heavy atom. The minimum atomic E-state index is 0.213. The summed E-state index contributed by atoms with van der Waals surface area (Å²) in [4.78, 5) is 0. The molecule has 0 unspecified atom stereocenters. The van der Waals surface area contributed by atoms with Gasteiger partial charge in [0.25, 0.3) is 0 Å². The van der Waals surface area contributed by atoms with E-state index in [4.69, 9.17) is 0 Å². The second-order valence-electron chi connectivity index (χ2n) is 5.88. The van der Waals surface area contributed by atoms with E-state index in [9.17, 15) is 10.2 Å². The lowest BCUT2D eigenvalue weighted by atomic mass is 10.0. The highest BCUT2D eigenvalue weighted by molar-refractivity contribution is 9.09. The molecule has 0 atom stereocenters. The van der Waals surface area contributed by atoms with Crippen LogP contribution in [-0.4, -0.2) is 15.5 Å². The zero-order valence-electron chi connectivity index (χ0n) is 13.5. The number of rotatable bonds is 9. The summed E-state index contributed by atoms with van der Waals surface area (Å²) in [6.07, 6.45) is 12.6. The largest absolute Gasteiger partial charge is 0.507 e. The Morgan fingerprint density at radius 1 is 0.870 bits per heavy atom. The Hall–Kier alpha value is -1.48. The summed E-state index contributed by atoms with van der Waals surface area (Å²) in [7, 11) is 0. The van der Waals surface area contributed by atoms with E-state index >= 15 is 0 Å². The summed E-state index contributed by atoms with van der Waals surface area (Å²) in [6, 6.07) is 9.00. The van der Waals surface area contributed by atoms with Gasteiger partial charge in [-0.2, -0.15) is 0 Å². The number of halogens is 1. The quantitative estimate of drug-likeness (QED) is 0.302. The number of hydrogen-bond acceptors (Lipinski definition) is 2. The summed E-state index contributed by atoms with van der Waals surface area (Å²) in [5.74, 6) is 0.453. The van der Waals surface area contributed by atoms with Crippen molar-refractivity contribution in [3.05, 3.63) is 42.0 Å². The minimum Gasteiger partial charge on any atom is -0.507 e. The van der Waals surface area contributed by atoms with Gasteiger partial charge in [0, 0.05) is 21.7 Å². The minimum absolute atomic E-state index is 0.213. The number of alkyl halides is 1. The molecule has 0 amide bonds. The van der Waals surface area contributed by atoms with Crippen LogP contribution in [0.15, 0.2) is 36.4 Å². The van der Waals surface area contributed by atoms with Crippen molar-refractivity contribution >= 4 is 32.8 Å². The van der Waals surface area contributed by atoms with E-state index in [1.54, 1.807) is 6.07 Å². The summed E-state index contributed by atoms with van der Waals surface area (Å²) in [5.41, 5.74) is 0.679. The number of fused-ring (bicyclic) bond motifs is 1. The average Bonchev–Trinajstić information content (AvgIpc) is 2.57. The van der Waals surface area contributed by atoms with Crippen molar-refractivity contribution in [3.63, 3.8) is 0 Å². The molecule has 0 bridgehead atoms. The molecule has 23 heavy (non-hydrogen) atoms. The molecule has 0 saturated heterocycles. The van der Waals surface area contributed by atoms with Gasteiger partial charge >= 0.3 is 0 Å². The fraction of sp³-hybridized carbons (Fsp3) is 0.400. The first-order valence-corrected chi connectivity index (χ1v) is 9.52. The molecule has 2 aromatic carbocycles. The summed E-state index contributed by atoms with van der Waals surface area (Å²) >= 11 is 3.45. The van der Waals surface area contributed by atoms with Gasteiger partial charge in [0.05, 0.1) is 0 Å². The highest BCUT2D eigenvalue weighted by Gasteiger charge is 2.08. The van der Waals surface area contributed by atoms with Crippen LogP contribution in [0.3, 0.4) is 0 Å². The summed E-state index contributed by atoms with van der Waals surface area (Å²) in [5, 5.41) is 22.9. The van der Waals surface area contributed by atoms with Crippen LogP contribution in [0.4, 0.5) is 0 Å². The number of benzene rings is 2. The number of phenolic OH excluding ortho intramolecular Hbond substituents is 2. The van der Waals surface area contributed by atoms with Gasteiger partial charge in [-0.05, 0) is 25.3 Å². The molecule has 0 fully saturated rings. The van der Waals surface area contributed by atoms with Crippen molar-refractivity contribution in [1.29, 1.82) is 0 Å². The lowest BCUT2D eigenvalue weighted by Crippen LogP contribution is -1.82. The van der Waals surface area contributed by atoms with Crippen molar-refractivity contribution < 1.29 is 10.2 Å². The second kappa shape index (κ2) is 9.61. The number of unbranched alkanes of at least 4 members (excludes halogenated alkanes) is 6. The van der Waals surface area contributed by atoms with Crippen LogP contribution < -0.4 is 0 Å². The van der Waals surface area contributed by atoms with Gasteiger partial charge in [-0.3, -0.25) is 0 Å². The van der Waals surface area contributed by atoms with Crippen molar-refractivity contribution in [2.45, 2.75) is 44.9 Å². The zero-order chi connectivity index (χ0) is 16.5. The van der Waals surface area contributed by atoms with E-state index in [0.29, 0.717) is 16.3 Å².